The van der Waals surface area contributed by atoms with Crippen molar-refractivity contribution in [1.82, 2.24) is 5.32 Å². The SMILES string of the molecule is COc1cc(C(=O)NCC(F)(F)CN)cc(OC)c1OC(F)F.Cl. The third-order valence-electron chi connectivity index (χ3n) is 2.74. The number of ether oxygens (including phenoxy) is 3. The minimum Gasteiger partial charge on any atom is -0.493 e. The molecule has 0 saturated carbocycles. The Balaban J connectivity index is 0.00000529. The van der Waals surface area contributed by atoms with E-state index in [4.69, 9.17) is 15.2 Å². The number of carbonyl (C=O) groups is 1. The van der Waals surface area contributed by atoms with Gasteiger partial charge in [0.05, 0.1) is 27.3 Å². The molecule has 1 amide bonds. The lowest BCUT2D eigenvalue weighted by Crippen LogP contribution is -2.41. The topological polar surface area (TPSA) is 82.8 Å². The average Bonchev–Trinajstić information content (AvgIpc) is 2.52. The third-order valence-corrected chi connectivity index (χ3v) is 2.74. The molecule has 24 heavy (non-hydrogen) atoms. The minimum atomic E-state index is -3.26. The second kappa shape index (κ2) is 9.38. The molecule has 1 rings (SSSR count). The molecule has 0 atom stereocenters. The first-order valence-electron chi connectivity index (χ1n) is 6.31. The summed E-state index contributed by atoms with van der Waals surface area (Å²) in [6, 6.07) is 2.13. The van der Waals surface area contributed by atoms with E-state index in [-0.39, 0.29) is 29.5 Å². The Hall–Kier alpha value is -1.94. The number of methoxy groups -OCH3 is 2. The van der Waals surface area contributed by atoms with Crippen molar-refractivity contribution in [2.45, 2.75) is 12.5 Å². The first kappa shape index (κ1) is 22.1. The van der Waals surface area contributed by atoms with E-state index in [0.717, 1.165) is 26.4 Å². The summed E-state index contributed by atoms with van der Waals surface area (Å²) in [5.74, 6) is -4.96. The van der Waals surface area contributed by atoms with Crippen LogP contribution in [0.3, 0.4) is 0 Å². The summed E-state index contributed by atoms with van der Waals surface area (Å²) in [5, 5.41) is 1.98. The lowest BCUT2D eigenvalue weighted by atomic mass is 10.1. The Morgan fingerprint density at radius 1 is 1.25 bits per heavy atom. The number of alkyl halides is 4. The fraction of sp³-hybridized carbons (Fsp3) is 0.462. The first-order chi connectivity index (χ1) is 10.7. The van der Waals surface area contributed by atoms with Gasteiger partial charge >= 0.3 is 6.61 Å². The standard InChI is InChI=1S/C13H16F4N2O4.ClH/c1-21-8-3-7(11(20)19-6-13(16,17)5-18)4-9(22-2)10(8)23-12(14)15;/h3-4,12H,5-6,18H2,1-2H3,(H,19,20);1H. The van der Waals surface area contributed by atoms with Crippen molar-refractivity contribution in [3.05, 3.63) is 17.7 Å². The average molecular weight is 377 g/mol. The quantitative estimate of drug-likeness (QED) is 0.679. The molecule has 0 spiro atoms. The van der Waals surface area contributed by atoms with Crippen LogP contribution in [0.15, 0.2) is 12.1 Å². The van der Waals surface area contributed by atoms with Gasteiger partial charge in [0.15, 0.2) is 11.5 Å². The zero-order valence-electron chi connectivity index (χ0n) is 12.8. The van der Waals surface area contributed by atoms with Gasteiger partial charge in [-0.3, -0.25) is 4.79 Å². The fourth-order valence-electron chi connectivity index (χ4n) is 1.60. The highest BCUT2D eigenvalue weighted by Gasteiger charge is 2.28. The molecule has 0 saturated heterocycles. The van der Waals surface area contributed by atoms with Crippen LogP contribution in [0.25, 0.3) is 0 Å². The maximum absolute atomic E-state index is 13.0. The second-order valence-electron chi connectivity index (χ2n) is 4.33. The van der Waals surface area contributed by atoms with Crippen LogP contribution < -0.4 is 25.3 Å². The maximum Gasteiger partial charge on any atom is 0.387 e. The zero-order valence-corrected chi connectivity index (χ0v) is 13.6. The van der Waals surface area contributed by atoms with Crippen LogP contribution in [-0.4, -0.2) is 45.8 Å². The van der Waals surface area contributed by atoms with Crippen LogP contribution >= 0.6 is 12.4 Å². The molecule has 1 aromatic rings. The number of amides is 1. The van der Waals surface area contributed by atoms with Gasteiger partial charge in [0, 0.05) is 5.56 Å². The first-order valence-corrected chi connectivity index (χ1v) is 6.31. The Kier molecular flexibility index (Phi) is 8.62. The molecule has 0 radical (unpaired) electrons. The maximum atomic E-state index is 13.0. The molecule has 138 valence electrons. The predicted octanol–water partition coefficient (Wildman–Crippen LogP) is 2.05. The predicted molar refractivity (Wildman–Crippen MR) is 79.8 cm³/mol. The Morgan fingerprint density at radius 2 is 1.75 bits per heavy atom. The normalized spacial score (nSPS) is 10.8. The van der Waals surface area contributed by atoms with Crippen LogP contribution in [0.2, 0.25) is 0 Å². The Bertz CT molecular complexity index is 536. The van der Waals surface area contributed by atoms with Crippen LogP contribution in [0.5, 0.6) is 17.2 Å². The molecule has 0 aliphatic rings. The molecule has 0 bridgehead atoms. The lowest BCUT2D eigenvalue weighted by molar-refractivity contribution is -0.0526. The largest absolute Gasteiger partial charge is 0.493 e. The van der Waals surface area contributed by atoms with Crippen molar-refractivity contribution in [2.24, 2.45) is 5.73 Å². The number of benzene rings is 1. The molecular weight excluding hydrogens is 360 g/mol. The molecule has 3 N–H and O–H groups in total. The van der Waals surface area contributed by atoms with E-state index in [1.807, 2.05) is 5.32 Å². The molecule has 0 fully saturated rings. The van der Waals surface area contributed by atoms with E-state index >= 15 is 0 Å². The minimum absolute atomic E-state index is 0. The van der Waals surface area contributed by atoms with Crippen LogP contribution in [-0.2, 0) is 0 Å². The van der Waals surface area contributed by atoms with E-state index in [1.165, 1.54) is 0 Å². The van der Waals surface area contributed by atoms with Gasteiger partial charge in [-0.1, -0.05) is 0 Å². The summed E-state index contributed by atoms with van der Waals surface area (Å²) in [5.41, 5.74) is 4.73. The van der Waals surface area contributed by atoms with Crippen molar-refractivity contribution in [2.75, 3.05) is 27.3 Å². The number of carbonyl (C=O) groups excluding carboxylic acids is 1. The molecule has 1 aromatic carbocycles. The van der Waals surface area contributed by atoms with Crippen LogP contribution in [0, 0.1) is 0 Å². The zero-order chi connectivity index (χ0) is 17.6. The number of hydrogen-bond acceptors (Lipinski definition) is 5. The highest BCUT2D eigenvalue weighted by atomic mass is 35.5. The van der Waals surface area contributed by atoms with Crippen molar-refractivity contribution in [3.8, 4) is 17.2 Å². The molecule has 6 nitrogen and oxygen atoms in total. The second-order valence-corrected chi connectivity index (χ2v) is 4.33. The number of nitrogens with two attached hydrogens (primary N) is 1. The summed E-state index contributed by atoms with van der Waals surface area (Å²) in [6.07, 6.45) is 0. The number of hydrogen-bond donors (Lipinski definition) is 2. The van der Waals surface area contributed by atoms with Crippen molar-refractivity contribution >= 4 is 18.3 Å². The van der Waals surface area contributed by atoms with Gasteiger partial charge in [0.1, 0.15) is 0 Å². The molecule has 0 unspecified atom stereocenters. The van der Waals surface area contributed by atoms with E-state index in [9.17, 15) is 22.4 Å². The lowest BCUT2D eigenvalue weighted by Gasteiger charge is -2.17. The fourth-order valence-corrected chi connectivity index (χ4v) is 1.60. The Labute approximate surface area is 141 Å². The summed E-state index contributed by atoms with van der Waals surface area (Å²) in [6.45, 7) is -5.04. The van der Waals surface area contributed by atoms with Crippen molar-refractivity contribution in [1.29, 1.82) is 0 Å². The third kappa shape index (κ3) is 5.93. The molecular formula is C13H17ClF4N2O4. The summed E-state index contributed by atoms with van der Waals surface area (Å²) < 4.78 is 64.9. The van der Waals surface area contributed by atoms with E-state index in [1.54, 1.807) is 0 Å². The number of rotatable bonds is 8. The number of halogens is 5. The van der Waals surface area contributed by atoms with Gasteiger partial charge in [-0.05, 0) is 12.1 Å². The molecule has 0 aliphatic carbocycles. The van der Waals surface area contributed by atoms with E-state index in [2.05, 4.69) is 4.74 Å². The van der Waals surface area contributed by atoms with Gasteiger partial charge in [-0.2, -0.15) is 8.78 Å². The molecule has 11 heteroatoms. The van der Waals surface area contributed by atoms with Crippen molar-refractivity contribution < 1.29 is 36.6 Å². The van der Waals surface area contributed by atoms with Gasteiger partial charge in [-0.25, -0.2) is 8.78 Å². The molecule has 0 aromatic heterocycles. The van der Waals surface area contributed by atoms with Gasteiger partial charge in [0.25, 0.3) is 11.8 Å². The van der Waals surface area contributed by atoms with Crippen LogP contribution in [0.1, 0.15) is 10.4 Å². The van der Waals surface area contributed by atoms with E-state index < -0.39 is 37.3 Å². The van der Waals surface area contributed by atoms with E-state index in [0.29, 0.717) is 0 Å². The smallest absolute Gasteiger partial charge is 0.387 e. The monoisotopic (exact) mass is 376 g/mol. The number of nitrogens with one attached hydrogen (secondary N) is 1. The molecule has 0 heterocycles. The highest BCUT2D eigenvalue weighted by Crippen LogP contribution is 2.39. The highest BCUT2D eigenvalue weighted by molar-refractivity contribution is 5.95. The van der Waals surface area contributed by atoms with Crippen LogP contribution in [0.4, 0.5) is 17.6 Å². The van der Waals surface area contributed by atoms with Gasteiger partial charge in [0.2, 0.25) is 5.75 Å². The summed E-state index contributed by atoms with van der Waals surface area (Å²) in [4.78, 5) is 11.9. The van der Waals surface area contributed by atoms with Gasteiger partial charge in [-0.15, -0.1) is 12.4 Å². The summed E-state index contributed by atoms with van der Waals surface area (Å²) in [7, 11) is 2.33. The molecule has 0 aliphatic heterocycles. The van der Waals surface area contributed by atoms with Crippen molar-refractivity contribution in [3.63, 3.8) is 0 Å². The van der Waals surface area contributed by atoms with Gasteiger partial charge < -0.3 is 25.3 Å². The summed E-state index contributed by atoms with van der Waals surface area (Å²) >= 11 is 0. The Morgan fingerprint density at radius 3 is 2.12 bits per heavy atom.